The maximum Gasteiger partial charge on any atom is 0.405 e. The van der Waals surface area contributed by atoms with Crippen molar-refractivity contribution >= 4 is 17.7 Å². The van der Waals surface area contributed by atoms with Gasteiger partial charge in [0.25, 0.3) is 5.91 Å². The molecule has 2 bridgehead atoms. The molecule has 0 radical (unpaired) electrons. The van der Waals surface area contributed by atoms with E-state index in [4.69, 9.17) is 10.5 Å². The van der Waals surface area contributed by atoms with Gasteiger partial charge in [-0.25, -0.2) is 4.79 Å². The topological polar surface area (TPSA) is 102 Å². The zero-order chi connectivity index (χ0) is 25.4. The van der Waals surface area contributed by atoms with Crippen molar-refractivity contribution in [3.63, 3.8) is 0 Å². The third kappa shape index (κ3) is 8.32. The van der Waals surface area contributed by atoms with Gasteiger partial charge in [-0.15, -0.1) is 0 Å². The fourth-order valence-electron chi connectivity index (χ4n) is 4.98. The van der Waals surface area contributed by atoms with Gasteiger partial charge in [-0.2, -0.15) is 0 Å². The molecule has 0 unspecified atom stereocenters. The highest BCUT2D eigenvalue weighted by Gasteiger charge is 2.26. The number of allylic oxidation sites excluding steroid dienone is 1. The minimum atomic E-state index is -0.814. The first-order valence-electron chi connectivity index (χ1n) is 12.4. The Bertz CT molecular complexity index is 907. The average Bonchev–Trinajstić information content (AvgIpc) is 2.75. The monoisotopic (exact) mass is 470 g/mol. The number of primary amides is 1. The molecule has 2 rings (SSSR count). The van der Waals surface area contributed by atoms with Gasteiger partial charge in [-0.1, -0.05) is 52.0 Å². The minimum absolute atomic E-state index is 0.00332. The van der Waals surface area contributed by atoms with E-state index in [0.717, 1.165) is 29.7 Å². The summed E-state index contributed by atoms with van der Waals surface area (Å²) in [4.78, 5) is 24.3. The number of hydrogen-bond acceptors (Lipinski definition) is 4. The Morgan fingerprint density at radius 3 is 2.53 bits per heavy atom. The van der Waals surface area contributed by atoms with Gasteiger partial charge < -0.3 is 20.9 Å². The Labute approximate surface area is 204 Å². The first-order chi connectivity index (χ1) is 16.0. The van der Waals surface area contributed by atoms with Gasteiger partial charge in [0.2, 0.25) is 0 Å². The third-order valence-electron chi connectivity index (χ3n) is 6.83. The summed E-state index contributed by atoms with van der Waals surface area (Å²) in [6.07, 6.45) is 5.23. The second-order valence-electron chi connectivity index (χ2n) is 10.2. The van der Waals surface area contributed by atoms with Crippen LogP contribution in [0.15, 0.2) is 47.6 Å². The predicted octanol–water partition coefficient (Wildman–Crippen LogP) is 5.61. The van der Waals surface area contributed by atoms with Gasteiger partial charge in [0.1, 0.15) is 6.10 Å². The first-order valence-corrected chi connectivity index (χ1v) is 12.4. The van der Waals surface area contributed by atoms with Crippen LogP contribution in [-0.2, 0) is 16.0 Å². The number of hydrogen-bond donors (Lipinski definition) is 3. The van der Waals surface area contributed by atoms with E-state index in [9.17, 15) is 14.7 Å². The standard InChI is InChI=1S/C28H42N2O4/c1-17-13-20(4)25(31)21(5)15-22(6)26(34-28(29)33)18(2)9-7-10-19(3)27(32)30-24-12-8-11-23(14-17)16-24/h8,10-12,15-18,20-21,25-26,31H,7,9,13-14H2,1-6H3,(H2,29,33)(H,30,32)/b19-10+,22-15+/t17-,18-,20-,21-,25-,26+/m0/s1. The molecule has 1 aliphatic rings. The lowest BCUT2D eigenvalue weighted by atomic mass is 9.83. The zero-order valence-corrected chi connectivity index (χ0v) is 21.5. The van der Waals surface area contributed by atoms with Crippen LogP contribution < -0.4 is 11.1 Å². The summed E-state index contributed by atoms with van der Waals surface area (Å²) >= 11 is 0. The number of aliphatic hydroxyl groups excluding tert-OH is 1. The minimum Gasteiger partial charge on any atom is -0.442 e. The number of rotatable bonds is 1. The second-order valence-corrected chi connectivity index (χ2v) is 10.2. The number of benzene rings is 1. The molecule has 6 nitrogen and oxygen atoms in total. The van der Waals surface area contributed by atoms with E-state index in [1.165, 1.54) is 0 Å². The normalized spacial score (nSPS) is 33.1. The summed E-state index contributed by atoms with van der Waals surface area (Å²) < 4.78 is 5.46. The first kappa shape index (κ1) is 27.6. The predicted molar refractivity (Wildman–Crippen MR) is 137 cm³/mol. The Morgan fingerprint density at radius 1 is 1.15 bits per heavy atom. The molecule has 1 aromatic carbocycles. The van der Waals surface area contributed by atoms with E-state index >= 15 is 0 Å². The lowest BCUT2D eigenvalue weighted by Crippen LogP contribution is -2.31. The van der Waals surface area contributed by atoms with Crippen molar-refractivity contribution in [1.82, 2.24) is 0 Å². The van der Waals surface area contributed by atoms with Gasteiger partial charge in [0.05, 0.1) is 6.10 Å². The van der Waals surface area contributed by atoms with Gasteiger partial charge in [-0.05, 0) is 80.6 Å². The largest absolute Gasteiger partial charge is 0.442 e. The van der Waals surface area contributed by atoms with Gasteiger partial charge in [0.15, 0.2) is 0 Å². The van der Waals surface area contributed by atoms with E-state index in [1.54, 1.807) is 6.92 Å². The number of ether oxygens (including phenoxy) is 1. The molecule has 0 aliphatic carbocycles. The Morgan fingerprint density at radius 2 is 1.85 bits per heavy atom. The summed E-state index contributed by atoms with van der Waals surface area (Å²) in [5.74, 6) is 0.239. The molecule has 0 aromatic heterocycles. The van der Waals surface area contributed by atoms with Crippen LogP contribution in [0.3, 0.4) is 0 Å². The molecule has 0 saturated carbocycles. The Kier molecular flexibility index (Phi) is 10.4. The number of nitrogens with one attached hydrogen (secondary N) is 1. The van der Waals surface area contributed by atoms with Gasteiger partial charge in [-0.3, -0.25) is 4.79 Å². The van der Waals surface area contributed by atoms with Crippen molar-refractivity contribution in [2.45, 2.75) is 79.4 Å². The van der Waals surface area contributed by atoms with Crippen LogP contribution in [0.5, 0.6) is 0 Å². The molecule has 1 aliphatic heterocycles. The third-order valence-corrected chi connectivity index (χ3v) is 6.83. The Balaban J connectivity index is 2.35. The maximum absolute atomic E-state index is 12.7. The summed E-state index contributed by atoms with van der Waals surface area (Å²) in [6.45, 7) is 12.0. The highest BCUT2D eigenvalue weighted by molar-refractivity contribution is 6.03. The van der Waals surface area contributed by atoms with E-state index < -0.39 is 18.3 Å². The smallest absolute Gasteiger partial charge is 0.405 e. The average molecular weight is 471 g/mol. The van der Waals surface area contributed by atoms with Crippen LogP contribution in [0, 0.1) is 23.7 Å². The molecule has 188 valence electrons. The summed E-state index contributed by atoms with van der Waals surface area (Å²) in [5, 5.41) is 14.0. The van der Waals surface area contributed by atoms with Gasteiger partial charge >= 0.3 is 6.09 Å². The molecule has 6 atom stereocenters. The molecular weight excluding hydrogens is 428 g/mol. The van der Waals surface area contributed by atoms with Crippen molar-refractivity contribution in [3.8, 4) is 0 Å². The molecule has 6 heteroatoms. The lowest BCUT2D eigenvalue weighted by molar-refractivity contribution is -0.112. The second kappa shape index (κ2) is 12.7. The van der Waals surface area contributed by atoms with Crippen LogP contribution in [0.1, 0.15) is 66.4 Å². The fourth-order valence-corrected chi connectivity index (χ4v) is 4.98. The van der Waals surface area contributed by atoms with Crippen molar-refractivity contribution in [3.05, 3.63) is 53.1 Å². The van der Waals surface area contributed by atoms with E-state index in [1.807, 2.05) is 51.1 Å². The number of carbonyl (C=O) groups is 2. The van der Waals surface area contributed by atoms with E-state index in [2.05, 4.69) is 25.2 Å². The quantitative estimate of drug-likeness (QED) is 0.464. The summed E-state index contributed by atoms with van der Waals surface area (Å²) in [7, 11) is 0. The maximum atomic E-state index is 12.7. The number of aliphatic hydroxyl groups is 1. The van der Waals surface area contributed by atoms with Crippen molar-refractivity contribution in [2.75, 3.05) is 5.32 Å². The molecule has 0 fully saturated rings. The number of nitrogens with two attached hydrogens (primary N) is 1. The highest BCUT2D eigenvalue weighted by atomic mass is 16.6. The van der Waals surface area contributed by atoms with E-state index in [-0.39, 0.29) is 23.7 Å². The van der Waals surface area contributed by atoms with E-state index in [0.29, 0.717) is 24.3 Å². The highest BCUT2D eigenvalue weighted by Crippen LogP contribution is 2.28. The Hall–Kier alpha value is -2.60. The number of anilines is 1. The molecule has 1 heterocycles. The number of fused-ring (bicyclic) bond motifs is 2. The van der Waals surface area contributed by atoms with Gasteiger partial charge in [0, 0.05) is 17.2 Å². The zero-order valence-electron chi connectivity index (χ0n) is 21.5. The van der Waals surface area contributed by atoms with Crippen LogP contribution in [0.2, 0.25) is 0 Å². The van der Waals surface area contributed by atoms with Crippen LogP contribution in [-0.4, -0.2) is 29.3 Å². The lowest BCUT2D eigenvalue weighted by Gasteiger charge is -2.28. The molecule has 34 heavy (non-hydrogen) atoms. The van der Waals surface area contributed by atoms with Crippen LogP contribution >= 0.6 is 0 Å². The molecule has 0 saturated heterocycles. The fraction of sp³-hybridized carbons (Fsp3) is 0.571. The number of carbonyl (C=O) groups excluding carboxylic acids is 2. The molecule has 4 N–H and O–H groups in total. The molecular formula is C28H42N2O4. The molecule has 2 amide bonds. The summed E-state index contributed by atoms with van der Waals surface area (Å²) in [5.41, 5.74) is 8.83. The van der Waals surface area contributed by atoms with Crippen molar-refractivity contribution < 1.29 is 19.4 Å². The molecule has 1 aromatic rings. The molecule has 0 spiro atoms. The van der Waals surface area contributed by atoms with Crippen molar-refractivity contribution in [1.29, 1.82) is 0 Å². The SMILES string of the molecule is C/C1=C\CC[C@H](C)[C@@H](OC(N)=O)/C(C)=C/[C@H](C)[C@@H](O)[C@@H](C)C[C@H](C)Cc2cccc(c2)NC1=O. The van der Waals surface area contributed by atoms with Crippen LogP contribution in [0.25, 0.3) is 0 Å². The van der Waals surface area contributed by atoms with Crippen LogP contribution in [0.4, 0.5) is 10.5 Å². The van der Waals surface area contributed by atoms with Crippen molar-refractivity contribution in [2.24, 2.45) is 29.4 Å². The summed E-state index contributed by atoms with van der Waals surface area (Å²) in [6, 6.07) is 7.97. The number of amides is 2.